The van der Waals surface area contributed by atoms with E-state index in [0.717, 1.165) is 47.8 Å². The molecule has 0 spiro atoms. The fraction of sp³-hybridized carbons (Fsp3) is 0.688. The second-order valence-electron chi connectivity index (χ2n) is 6.25. The van der Waals surface area contributed by atoms with E-state index in [1.165, 1.54) is 0 Å². The van der Waals surface area contributed by atoms with E-state index in [4.69, 9.17) is 4.74 Å². The highest BCUT2D eigenvalue weighted by Gasteiger charge is 2.37. The van der Waals surface area contributed by atoms with Gasteiger partial charge in [0.2, 0.25) is 5.91 Å². The van der Waals surface area contributed by atoms with Crippen molar-refractivity contribution in [1.82, 2.24) is 9.88 Å². The van der Waals surface area contributed by atoms with Crippen LogP contribution in [0.15, 0.2) is 0 Å². The van der Waals surface area contributed by atoms with E-state index in [-0.39, 0.29) is 30.3 Å². The van der Waals surface area contributed by atoms with Gasteiger partial charge in [-0.05, 0) is 39.5 Å². The predicted octanol–water partition coefficient (Wildman–Crippen LogP) is 2.45. The number of carbonyl (C=O) groups excluding carboxylic acids is 2. The standard InChI is InChI=1S/C16H22N2O3S/c1-10-11(2)22-14(17-10)9-21-16(20)13-4-3-7-18(8-13)15(19)12-5-6-12/h12-13H,3-9H2,1-2H3/t13-/m1/s1. The number of carbonyl (C=O) groups is 2. The maximum Gasteiger partial charge on any atom is 0.311 e. The van der Waals surface area contributed by atoms with Gasteiger partial charge < -0.3 is 9.64 Å². The van der Waals surface area contributed by atoms with Crippen molar-refractivity contribution in [2.45, 2.75) is 46.1 Å². The number of thiazole rings is 1. The molecule has 120 valence electrons. The average Bonchev–Trinajstić information content (AvgIpc) is 3.31. The van der Waals surface area contributed by atoms with E-state index < -0.39 is 0 Å². The van der Waals surface area contributed by atoms with Crippen molar-refractivity contribution in [3.8, 4) is 0 Å². The van der Waals surface area contributed by atoms with E-state index in [0.29, 0.717) is 6.54 Å². The molecule has 2 heterocycles. The third kappa shape index (κ3) is 3.48. The second kappa shape index (κ2) is 6.36. The number of amides is 1. The number of hydrogen-bond donors (Lipinski definition) is 0. The Morgan fingerprint density at radius 2 is 2.05 bits per heavy atom. The van der Waals surface area contributed by atoms with Gasteiger partial charge in [0, 0.05) is 23.9 Å². The summed E-state index contributed by atoms with van der Waals surface area (Å²) >= 11 is 1.57. The van der Waals surface area contributed by atoms with E-state index in [1.54, 1.807) is 11.3 Å². The molecule has 1 saturated carbocycles. The first kappa shape index (κ1) is 15.5. The van der Waals surface area contributed by atoms with Gasteiger partial charge in [0.1, 0.15) is 11.6 Å². The Morgan fingerprint density at radius 1 is 1.27 bits per heavy atom. The number of likely N-dealkylation sites (tertiary alicyclic amines) is 1. The summed E-state index contributed by atoms with van der Waals surface area (Å²) in [5, 5.41) is 0.838. The van der Waals surface area contributed by atoms with Crippen molar-refractivity contribution < 1.29 is 14.3 Å². The van der Waals surface area contributed by atoms with Crippen molar-refractivity contribution in [1.29, 1.82) is 0 Å². The third-order valence-corrected chi connectivity index (χ3v) is 5.45. The van der Waals surface area contributed by atoms with Crippen LogP contribution in [0.25, 0.3) is 0 Å². The zero-order chi connectivity index (χ0) is 15.7. The number of piperidine rings is 1. The van der Waals surface area contributed by atoms with Crippen LogP contribution < -0.4 is 0 Å². The highest BCUT2D eigenvalue weighted by molar-refractivity contribution is 7.11. The molecule has 1 atom stereocenters. The molecule has 6 heteroatoms. The topological polar surface area (TPSA) is 59.5 Å². The fourth-order valence-corrected chi connectivity index (χ4v) is 3.66. The number of aromatic nitrogens is 1. The summed E-state index contributed by atoms with van der Waals surface area (Å²) in [4.78, 5) is 31.7. The van der Waals surface area contributed by atoms with Crippen LogP contribution >= 0.6 is 11.3 Å². The molecule has 2 fully saturated rings. The van der Waals surface area contributed by atoms with Crippen LogP contribution in [-0.4, -0.2) is 34.8 Å². The van der Waals surface area contributed by atoms with E-state index in [2.05, 4.69) is 4.98 Å². The summed E-state index contributed by atoms with van der Waals surface area (Å²) in [5.74, 6) is 0.0668. The molecule has 0 aromatic carbocycles. The smallest absolute Gasteiger partial charge is 0.311 e. The lowest BCUT2D eigenvalue weighted by Crippen LogP contribution is -2.43. The largest absolute Gasteiger partial charge is 0.458 e. The zero-order valence-electron chi connectivity index (χ0n) is 13.1. The fourth-order valence-electron chi connectivity index (χ4n) is 2.81. The first-order valence-electron chi connectivity index (χ1n) is 7.93. The molecule has 1 aromatic heterocycles. The minimum atomic E-state index is -0.196. The summed E-state index contributed by atoms with van der Waals surface area (Å²) < 4.78 is 5.41. The molecule has 0 N–H and O–H groups in total. The van der Waals surface area contributed by atoms with E-state index >= 15 is 0 Å². The molecule has 1 amide bonds. The van der Waals surface area contributed by atoms with Crippen LogP contribution in [0.1, 0.15) is 41.3 Å². The minimum absolute atomic E-state index is 0.182. The highest BCUT2D eigenvalue weighted by atomic mass is 32.1. The quantitative estimate of drug-likeness (QED) is 0.799. The van der Waals surface area contributed by atoms with Gasteiger partial charge >= 0.3 is 5.97 Å². The molecule has 3 rings (SSSR count). The number of aryl methyl sites for hydroxylation is 2. The Labute approximate surface area is 134 Å². The van der Waals surface area contributed by atoms with Crippen LogP contribution in [0, 0.1) is 25.7 Å². The first-order chi connectivity index (χ1) is 10.5. The second-order valence-corrected chi connectivity index (χ2v) is 7.54. The molecule has 1 saturated heterocycles. The Morgan fingerprint density at radius 3 is 2.68 bits per heavy atom. The maximum absolute atomic E-state index is 12.2. The lowest BCUT2D eigenvalue weighted by atomic mass is 9.98. The number of hydrogen-bond acceptors (Lipinski definition) is 5. The zero-order valence-corrected chi connectivity index (χ0v) is 13.9. The van der Waals surface area contributed by atoms with Gasteiger partial charge in [-0.1, -0.05) is 0 Å². The monoisotopic (exact) mass is 322 g/mol. The van der Waals surface area contributed by atoms with Gasteiger partial charge in [-0.3, -0.25) is 9.59 Å². The van der Waals surface area contributed by atoms with Gasteiger partial charge in [-0.25, -0.2) is 4.98 Å². The van der Waals surface area contributed by atoms with Crippen molar-refractivity contribution in [2.24, 2.45) is 11.8 Å². The summed E-state index contributed by atoms with van der Waals surface area (Å²) in [6.45, 7) is 5.51. The summed E-state index contributed by atoms with van der Waals surface area (Å²) in [6, 6.07) is 0. The summed E-state index contributed by atoms with van der Waals surface area (Å²) in [5.41, 5.74) is 0.995. The maximum atomic E-state index is 12.2. The lowest BCUT2D eigenvalue weighted by Gasteiger charge is -2.31. The molecule has 0 bridgehead atoms. The molecular weight excluding hydrogens is 300 g/mol. The van der Waals surface area contributed by atoms with Gasteiger partial charge in [0.05, 0.1) is 11.6 Å². The van der Waals surface area contributed by atoms with Crippen LogP contribution in [0.3, 0.4) is 0 Å². The van der Waals surface area contributed by atoms with Crippen molar-refractivity contribution >= 4 is 23.2 Å². The number of nitrogens with zero attached hydrogens (tertiary/aromatic N) is 2. The Hall–Kier alpha value is -1.43. The summed E-state index contributed by atoms with van der Waals surface area (Å²) in [7, 11) is 0. The number of rotatable bonds is 4. The van der Waals surface area contributed by atoms with E-state index in [1.807, 2.05) is 18.7 Å². The Bertz CT molecular complexity index is 560. The van der Waals surface area contributed by atoms with Gasteiger partial charge in [0.15, 0.2) is 0 Å². The van der Waals surface area contributed by atoms with Crippen LogP contribution in [0.2, 0.25) is 0 Å². The van der Waals surface area contributed by atoms with Gasteiger partial charge in [0.25, 0.3) is 0 Å². The number of ether oxygens (including phenoxy) is 1. The van der Waals surface area contributed by atoms with Gasteiger partial charge in [-0.2, -0.15) is 0 Å². The molecule has 22 heavy (non-hydrogen) atoms. The molecule has 1 aliphatic heterocycles. The Kier molecular flexibility index (Phi) is 4.47. The molecule has 5 nitrogen and oxygen atoms in total. The van der Waals surface area contributed by atoms with Crippen molar-refractivity contribution in [3.63, 3.8) is 0 Å². The molecule has 1 aromatic rings. The first-order valence-corrected chi connectivity index (χ1v) is 8.74. The van der Waals surface area contributed by atoms with Crippen LogP contribution in [0.5, 0.6) is 0 Å². The minimum Gasteiger partial charge on any atom is -0.458 e. The van der Waals surface area contributed by atoms with Crippen LogP contribution in [-0.2, 0) is 20.9 Å². The molecule has 0 unspecified atom stereocenters. The molecular formula is C16H22N2O3S. The number of esters is 1. The van der Waals surface area contributed by atoms with E-state index in [9.17, 15) is 9.59 Å². The molecule has 2 aliphatic rings. The van der Waals surface area contributed by atoms with Gasteiger partial charge in [-0.15, -0.1) is 11.3 Å². The normalized spacial score (nSPS) is 21.7. The SMILES string of the molecule is Cc1nc(COC(=O)[C@@H]2CCCN(C(=O)C3CC3)C2)sc1C. The third-order valence-electron chi connectivity index (χ3n) is 4.40. The molecule has 1 aliphatic carbocycles. The predicted molar refractivity (Wildman–Crippen MR) is 83.4 cm³/mol. The highest BCUT2D eigenvalue weighted by Crippen LogP contribution is 2.32. The lowest BCUT2D eigenvalue weighted by molar-refractivity contribution is -0.153. The average molecular weight is 322 g/mol. The van der Waals surface area contributed by atoms with Crippen LogP contribution in [0.4, 0.5) is 0 Å². The summed E-state index contributed by atoms with van der Waals surface area (Å²) in [6.07, 6.45) is 3.71. The molecule has 0 radical (unpaired) electrons. The Balaban J connectivity index is 1.51. The van der Waals surface area contributed by atoms with Crippen molar-refractivity contribution in [2.75, 3.05) is 13.1 Å². The van der Waals surface area contributed by atoms with Crippen molar-refractivity contribution in [3.05, 3.63) is 15.6 Å².